The third-order valence-electron chi connectivity index (χ3n) is 3.95. The zero-order valence-corrected chi connectivity index (χ0v) is 16.8. The van der Waals surface area contributed by atoms with Crippen LogP contribution in [0.3, 0.4) is 0 Å². The van der Waals surface area contributed by atoms with Gasteiger partial charge < -0.3 is 20.1 Å². The fraction of sp³-hybridized carbons (Fsp3) is 0.227. The van der Waals surface area contributed by atoms with E-state index in [0.29, 0.717) is 11.3 Å². The lowest BCUT2D eigenvalue weighted by molar-refractivity contribution is -0.132. The molecule has 0 heterocycles. The van der Waals surface area contributed by atoms with E-state index in [9.17, 15) is 14.4 Å². The van der Waals surface area contributed by atoms with Gasteiger partial charge in [0.25, 0.3) is 5.91 Å². The van der Waals surface area contributed by atoms with E-state index in [4.69, 9.17) is 9.47 Å². The first-order valence-corrected chi connectivity index (χ1v) is 9.01. The first kappa shape index (κ1) is 21.7. The standard InChI is InChI=1S/C22H24N2O5/c1-14(18-8-6-5-7-9-18)23-22(27)19(24-15(2)25)12-17-10-11-20(29-16(3)26)21(13-17)28-4/h5-14H,1-4H3,(H,23,27)(H,24,25)/b19-12-/t14-/m0/s1. The topological polar surface area (TPSA) is 93.7 Å². The third kappa shape index (κ3) is 6.49. The lowest BCUT2D eigenvalue weighted by Gasteiger charge is -2.16. The molecule has 0 bridgehead atoms. The summed E-state index contributed by atoms with van der Waals surface area (Å²) in [5.74, 6) is -0.684. The highest BCUT2D eigenvalue weighted by atomic mass is 16.6. The van der Waals surface area contributed by atoms with E-state index in [1.807, 2.05) is 37.3 Å². The van der Waals surface area contributed by atoms with Gasteiger partial charge in [-0.05, 0) is 36.3 Å². The van der Waals surface area contributed by atoms with Gasteiger partial charge in [-0.25, -0.2) is 0 Å². The molecule has 0 spiro atoms. The Morgan fingerprint density at radius 3 is 2.28 bits per heavy atom. The van der Waals surface area contributed by atoms with Crippen molar-refractivity contribution in [2.75, 3.05) is 7.11 Å². The van der Waals surface area contributed by atoms with Crippen LogP contribution in [-0.4, -0.2) is 24.9 Å². The van der Waals surface area contributed by atoms with Crippen LogP contribution in [-0.2, 0) is 14.4 Å². The van der Waals surface area contributed by atoms with Crippen molar-refractivity contribution in [1.29, 1.82) is 0 Å². The maximum atomic E-state index is 12.7. The fourth-order valence-corrected chi connectivity index (χ4v) is 2.63. The number of carbonyl (C=O) groups is 3. The van der Waals surface area contributed by atoms with Crippen LogP contribution in [0.2, 0.25) is 0 Å². The molecule has 0 fully saturated rings. The highest BCUT2D eigenvalue weighted by Crippen LogP contribution is 2.29. The van der Waals surface area contributed by atoms with E-state index in [-0.39, 0.29) is 23.4 Å². The zero-order chi connectivity index (χ0) is 21.4. The van der Waals surface area contributed by atoms with Gasteiger partial charge in [0.2, 0.25) is 5.91 Å². The molecule has 0 saturated carbocycles. The minimum Gasteiger partial charge on any atom is -0.493 e. The molecule has 0 radical (unpaired) electrons. The van der Waals surface area contributed by atoms with Crippen LogP contribution in [0.15, 0.2) is 54.2 Å². The molecule has 2 aromatic rings. The Morgan fingerprint density at radius 1 is 1.00 bits per heavy atom. The van der Waals surface area contributed by atoms with Crippen LogP contribution in [0.1, 0.15) is 37.9 Å². The van der Waals surface area contributed by atoms with E-state index in [0.717, 1.165) is 5.56 Å². The van der Waals surface area contributed by atoms with Gasteiger partial charge in [-0.15, -0.1) is 0 Å². The number of carbonyl (C=O) groups excluding carboxylic acids is 3. The molecular weight excluding hydrogens is 372 g/mol. The highest BCUT2D eigenvalue weighted by molar-refractivity contribution is 6.01. The molecular formula is C22H24N2O5. The van der Waals surface area contributed by atoms with E-state index in [2.05, 4.69) is 10.6 Å². The molecule has 0 unspecified atom stereocenters. The number of hydrogen-bond acceptors (Lipinski definition) is 5. The van der Waals surface area contributed by atoms with Gasteiger partial charge in [-0.2, -0.15) is 0 Å². The smallest absolute Gasteiger partial charge is 0.308 e. The summed E-state index contributed by atoms with van der Waals surface area (Å²) in [4.78, 5) is 35.5. The van der Waals surface area contributed by atoms with E-state index in [1.54, 1.807) is 18.2 Å². The third-order valence-corrected chi connectivity index (χ3v) is 3.95. The lowest BCUT2D eigenvalue weighted by Crippen LogP contribution is -2.35. The second kappa shape index (κ2) is 10.1. The van der Waals surface area contributed by atoms with Crippen LogP contribution >= 0.6 is 0 Å². The van der Waals surface area contributed by atoms with Crippen molar-refractivity contribution in [3.05, 3.63) is 65.4 Å². The number of methoxy groups -OCH3 is 1. The molecule has 2 N–H and O–H groups in total. The lowest BCUT2D eigenvalue weighted by atomic mass is 10.1. The zero-order valence-electron chi connectivity index (χ0n) is 16.8. The molecule has 2 rings (SSSR count). The maximum Gasteiger partial charge on any atom is 0.308 e. The first-order chi connectivity index (χ1) is 13.8. The molecule has 2 amide bonds. The average molecular weight is 396 g/mol. The summed E-state index contributed by atoms with van der Waals surface area (Å²) in [6, 6.07) is 14.1. The number of rotatable bonds is 7. The molecule has 0 aromatic heterocycles. The average Bonchev–Trinajstić information content (AvgIpc) is 2.68. The Labute approximate surface area is 169 Å². The van der Waals surface area contributed by atoms with Gasteiger partial charge in [0.05, 0.1) is 13.2 Å². The molecule has 0 aliphatic rings. The van der Waals surface area contributed by atoms with Crippen molar-refractivity contribution in [2.24, 2.45) is 0 Å². The molecule has 2 aromatic carbocycles. The van der Waals surface area contributed by atoms with Gasteiger partial charge in [-0.1, -0.05) is 36.4 Å². The number of benzene rings is 2. The SMILES string of the molecule is COc1cc(/C=C(\NC(C)=O)C(=O)N[C@@H](C)c2ccccc2)ccc1OC(C)=O. The molecule has 7 heteroatoms. The van der Waals surface area contributed by atoms with Crippen LogP contribution in [0, 0.1) is 0 Å². The van der Waals surface area contributed by atoms with E-state index < -0.39 is 11.9 Å². The van der Waals surface area contributed by atoms with Crippen LogP contribution in [0.25, 0.3) is 6.08 Å². The van der Waals surface area contributed by atoms with E-state index in [1.165, 1.54) is 27.0 Å². The predicted octanol–water partition coefficient (Wildman–Crippen LogP) is 2.97. The summed E-state index contributed by atoms with van der Waals surface area (Å²) in [5.41, 5.74) is 1.61. The van der Waals surface area contributed by atoms with Crippen molar-refractivity contribution in [2.45, 2.75) is 26.8 Å². The number of esters is 1. The summed E-state index contributed by atoms with van der Waals surface area (Å²) in [7, 11) is 1.44. The number of nitrogens with one attached hydrogen (secondary N) is 2. The Balaban J connectivity index is 2.28. The maximum absolute atomic E-state index is 12.7. The minimum atomic E-state index is -0.472. The summed E-state index contributed by atoms with van der Waals surface area (Å²) in [5, 5.41) is 5.42. The molecule has 0 aliphatic heterocycles. The monoisotopic (exact) mass is 396 g/mol. The second-order valence-electron chi connectivity index (χ2n) is 6.35. The fourth-order valence-electron chi connectivity index (χ4n) is 2.63. The minimum absolute atomic E-state index is 0.0857. The summed E-state index contributed by atoms with van der Waals surface area (Å²) < 4.78 is 10.3. The van der Waals surface area contributed by atoms with Crippen molar-refractivity contribution in [1.82, 2.24) is 10.6 Å². The van der Waals surface area contributed by atoms with Gasteiger partial charge >= 0.3 is 5.97 Å². The van der Waals surface area contributed by atoms with Crippen molar-refractivity contribution < 1.29 is 23.9 Å². The molecule has 7 nitrogen and oxygen atoms in total. The Bertz CT molecular complexity index is 922. The quantitative estimate of drug-likeness (QED) is 0.426. The summed E-state index contributed by atoms with van der Waals surface area (Å²) in [6.45, 7) is 4.47. The van der Waals surface area contributed by atoms with Crippen LogP contribution < -0.4 is 20.1 Å². The molecule has 152 valence electrons. The van der Waals surface area contributed by atoms with Crippen LogP contribution in [0.5, 0.6) is 11.5 Å². The normalized spacial score (nSPS) is 11.9. The van der Waals surface area contributed by atoms with Crippen LogP contribution in [0.4, 0.5) is 0 Å². The van der Waals surface area contributed by atoms with Crippen molar-refractivity contribution >= 4 is 23.9 Å². The highest BCUT2D eigenvalue weighted by Gasteiger charge is 2.16. The molecule has 0 saturated heterocycles. The molecule has 29 heavy (non-hydrogen) atoms. The Morgan fingerprint density at radius 2 is 1.69 bits per heavy atom. The Hall–Kier alpha value is -3.61. The van der Waals surface area contributed by atoms with Crippen molar-refractivity contribution in [3.8, 4) is 11.5 Å². The molecule has 0 aliphatic carbocycles. The van der Waals surface area contributed by atoms with Gasteiger partial charge in [0.15, 0.2) is 11.5 Å². The number of amides is 2. The summed E-state index contributed by atoms with van der Waals surface area (Å²) >= 11 is 0. The Kier molecular flexibility index (Phi) is 7.54. The number of hydrogen-bond donors (Lipinski definition) is 2. The molecule has 1 atom stereocenters. The van der Waals surface area contributed by atoms with Gasteiger partial charge in [0.1, 0.15) is 5.70 Å². The van der Waals surface area contributed by atoms with Crippen molar-refractivity contribution in [3.63, 3.8) is 0 Å². The largest absolute Gasteiger partial charge is 0.493 e. The number of ether oxygens (including phenoxy) is 2. The predicted molar refractivity (Wildman–Crippen MR) is 109 cm³/mol. The first-order valence-electron chi connectivity index (χ1n) is 9.01. The van der Waals surface area contributed by atoms with Gasteiger partial charge in [0, 0.05) is 13.8 Å². The summed E-state index contributed by atoms with van der Waals surface area (Å²) in [6.07, 6.45) is 1.52. The second-order valence-corrected chi connectivity index (χ2v) is 6.35. The van der Waals surface area contributed by atoms with Gasteiger partial charge in [-0.3, -0.25) is 14.4 Å². The van der Waals surface area contributed by atoms with E-state index >= 15 is 0 Å².